The van der Waals surface area contributed by atoms with Gasteiger partial charge in [0.15, 0.2) is 0 Å². The summed E-state index contributed by atoms with van der Waals surface area (Å²) in [5.74, 6) is 0.323. The van der Waals surface area contributed by atoms with E-state index in [9.17, 15) is 9.59 Å². The number of nitrogens with zero attached hydrogens (tertiary/aromatic N) is 3. The van der Waals surface area contributed by atoms with Crippen molar-refractivity contribution in [3.8, 4) is 0 Å². The summed E-state index contributed by atoms with van der Waals surface area (Å²) in [6.45, 7) is 4.95. The first-order chi connectivity index (χ1) is 15.6. The van der Waals surface area contributed by atoms with E-state index >= 15 is 0 Å². The van der Waals surface area contributed by atoms with Gasteiger partial charge in [0.2, 0.25) is 5.91 Å². The predicted molar refractivity (Wildman–Crippen MR) is 129 cm³/mol. The highest BCUT2D eigenvalue weighted by molar-refractivity contribution is 6.07. The second-order valence-corrected chi connectivity index (χ2v) is 8.85. The fraction of sp³-hybridized carbons (Fsp3) is 0.407. The molecule has 0 unspecified atom stereocenters. The van der Waals surface area contributed by atoms with Crippen molar-refractivity contribution in [2.45, 2.75) is 39.2 Å². The number of amides is 2. The monoisotopic (exact) mass is 431 g/mol. The maximum atomic E-state index is 13.4. The van der Waals surface area contributed by atoms with Crippen LogP contribution in [0.3, 0.4) is 0 Å². The quantitative estimate of drug-likeness (QED) is 0.539. The van der Waals surface area contributed by atoms with Gasteiger partial charge in [0.05, 0.1) is 5.56 Å². The van der Waals surface area contributed by atoms with Crippen molar-refractivity contribution in [3.63, 3.8) is 0 Å². The first-order valence-electron chi connectivity index (χ1n) is 11.7. The third-order valence-corrected chi connectivity index (χ3v) is 6.57. The molecule has 1 aromatic heterocycles. The van der Waals surface area contributed by atoms with Gasteiger partial charge in [-0.15, -0.1) is 0 Å². The van der Waals surface area contributed by atoms with Gasteiger partial charge in [-0.05, 0) is 30.9 Å². The SMILES string of the molecule is CCCCN(C)C(=O)C1CCN(C(=O)c2cn(Cc3ccccc3)c3ccccc23)CC1. The molecule has 1 aliphatic heterocycles. The second kappa shape index (κ2) is 10.0. The summed E-state index contributed by atoms with van der Waals surface area (Å²) < 4.78 is 2.16. The minimum Gasteiger partial charge on any atom is -0.346 e. The van der Waals surface area contributed by atoms with E-state index in [2.05, 4.69) is 29.7 Å². The lowest BCUT2D eigenvalue weighted by Gasteiger charge is -2.33. The van der Waals surface area contributed by atoms with Crippen LogP contribution in [0.1, 0.15) is 48.5 Å². The smallest absolute Gasteiger partial charge is 0.256 e. The van der Waals surface area contributed by atoms with Gasteiger partial charge in [0, 0.05) is 56.2 Å². The van der Waals surface area contributed by atoms with Crippen molar-refractivity contribution in [2.75, 3.05) is 26.7 Å². The van der Waals surface area contributed by atoms with Gasteiger partial charge in [0.25, 0.3) is 5.91 Å². The van der Waals surface area contributed by atoms with Crippen molar-refractivity contribution in [1.29, 1.82) is 0 Å². The first kappa shape index (κ1) is 22.1. The number of likely N-dealkylation sites (tertiary alicyclic amines) is 1. The van der Waals surface area contributed by atoms with E-state index in [0.29, 0.717) is 13.1 Å². The molecule has 0 spiro atoms. The zero-order chi connectivity index (χ0) is 22.5. The normalized spacial score (nSPS) is 14.6. The number of hydrogen-bond acceptors (Lipinski definition) is 2. The molecule has 1 fully saturated rings. The topological polar surface area (TPSA) is 45.6 Å². The lowest BCUT2D eigenvalue weighted by atomic mass is 9.94. The molecular formula is C27H33N3O2. The molecule has 2 amide bonds. The Bertz CT molecular complexity index is 1060. The van der Waals surface area contributed by atoms with Crippen molar-refractivity contribution in [1.82, 2.24) is 14.4 Å². The fourth-order valence-corrected chi connectivity index (χ4v) is 4.65. The maximum absolute atomic E-state index is 13.4. The van der Waals surface area contributed by atoms with Gasteiger partial charge in [-0.2, -0.15) is 0 Å². The summed E-state index contributed by atoms with van der Waals surface area (Å²) in [5.41, 5.74) is 3.03. The summed E-state index contributed by atoms with van der Waals surface area (Å²) >= 11 is 0. The van der Waals surface area contributed by atoms with Crippen LogP contribution >= 0.6 is 0 Å². The Kier molecular flexibility index (Phi) is 6.93. The van der Waals surface area contributed by atoms with Gasteiger partial charge in [-0.25, -0.2) is 0 Å². The molecule has 32 heavy (non-hydrogen) atoms. The maximum Gasteiger partial charge on any atom is 0.256 e. The molecule has 0 radical (unpaired) electrons. The van der Waals surface area contributed by atoms with E-state index in [1.165, 1.54) is 5.56 Å². The highest BCUT2D eigenvalue weighted by atomic mass is 16.2. The van der Waals surface area contributed by atoms with Gasteiger partial charge < -0.3 is 14.4 Å². The zero-order valence-electron chi connectivity index (χ0n) is 19.2. The number of aromatic nitrogens is 1. The molecule has 3 aromatic rings. The number of hydrogen-bond donors (Lipinski definition) is 0. The molecule has 4 rings (SSSR count). The van der Waals surface area contributed by atoms with Gasteiger partial charge >= 0.3 is 0 Å². The number of unbranched alkanes of at least 4 members (excludes halogenated alkanes) is 1. The Morgan fingerprint density at radius 3 is 2.41 bits per heavy atom. The lowest BCUT2D eigenvalue weighted by Crippen LogP contribution is -2.43. The van der Waals surface area contributed by atoms with Crippen molar-refractivity contribution >= 4 is 22.7 Å². The number of benzene rings is 2. The van der Waals surface area contributed by atoms with Crippen LogP contribution in [0.4, 0.5) is 0 Å². The van der Waals surface area contributed by atoms with Crippen molar-refractivity contribution in [2.24, 2.45) is 5.92 Å². The molecule has 2 heterocycles. The Labute approximate surface area is 190 Å². The average molecular weight is 432 g/mol. The number of piperidine rings is 1. The van der Waals surface area contributed by atoms with E-state index in [1.807, 2.05) is 59.4 Å². The number of rotatable bonds is 7. The standard InChI is InChI=1S/C27H33N3O2/c1-3-4-16-28(2)26(31)22-14-17-29(18-15-22)27(32)24-20-30(19-21-10-6-5-7-11-21)25-13-9-8-12-23(24)25/h5-13,20,22H,3-4,14-19H2,1-2H3. The fourth-order valence-electron chi connectivity index (χ4n) is 4.65. The third-order valence-electron chi connectivity index (χ3n) is 6.57. The van der Waals surface area contributed by atoms with Crippen molar-refractivity contribution in [3.05, 3.63) is 71.9 Å². The Morgan fingerprint density at radius 1 is 1.00 bits per heavy atom. The molecule has 0 N–H and O–H groups in total. The van der Waals surface area contributed by atoms with E-state index < -0.39 is 0 Å². The molecule has 0 aliphatic carbocycles. The molecule has 5 heteroatoms. The summed E-state index contributed by atoms with van der Waals surface area (Å²) in [4.78, 5) is 30.0. The summed E-state index contributed by atoms with van der Waals surface area (Å²) in [6.07, 6.45) is 5.60. The minimum absolute atomic E-state index is 0.0281. The molecular weight excluding hydrogens is 398 g/mol. The van der Waals surface area contributed by atoms with Crippen LogP contribution in [0, 0.1) is 5.92 Å². The third kappa shape index (κ3) is 4.72. The number of para-hydroxylation sites is 1. The molecule has 5 nitrogen and oxygen atoms in total. The first-order valence-corrected chi connectivity index (χ1v) is 11.7. The van der Waals surface area contributed by atoms with Crippen LogP contribution in [0.5, 0.6) is 0 Å². The van der Waals surface area contributed by atoms with E-state index in [0.717, 1.165) is 55.2 Å². The molecule has 0 saturated carbocycles. The van der Waals surface area contributed by atoms with E-state index in [-0.39, 0.29) is 17.7 Å². The van der Waals surface area contributed by atoms with E-state index in [4.69, 9.17) is 0 Å². The van der Waals surface area contributed by atoms with Crippen molar-refractivity contribution < 1.29 is 9.59 Å². The highest BCUT2D eigenvalue weighted by Crippen LogP contribution is 2.26. The van der Waals surface area contributed by atoms with Crippen LogP contribution < -0.4 is 0 Å². The lowest BCUT2D eigenvalue weighted by molar-refractivity contribution is -0.135. The van der Waals surface area contributed by atoms with Crippen LogP contribution in [0.25, 0.3) is 10.9 Å². The van der Waals surface area contributed by atoms with Gasteiger partial charge in [0.1, 0.15) is 0 Å². The number of carbonyl (C=O) groups excluding carboxylic acids is 2. The van der Waals surface area contributed by atoms with Gasteiger partial charge in [-0.1, -0.05) is 61.9 Å². The molecule has 0 atom stereocenters. The zero-order valence-corrected chi connectivity index (χ0v) is 19.2. The van der Waals surface area contributed by atoms with Crippen LogP contribution in [-0.2, 0) is 11.3 Å². The molecule has 168 valence electrons. The summed E-state index contributed by atoms with van der Waals surface area (Å²) in [7, 11) is 1.90. The largest absolute Gasteiger partial charge is 0.346 e. The second-order valence-electron chi connectivity index (χ2n) is 8.85. The van der Waals surface area contributed by atoms with Crippen LogP contribution in [0.15, 0.2) is 60.8 Å². The van der Waals surface area contributed by atoms with Gasteiger partial charge in [-0.3, -0.25) is 9.59 Å². The average Bonchev–Trinajstić information content (AvgIpc) is 3.20. The van der Waals surface area contributed by atoms with Crippen LogP contribution in [0.2, 0.25) is 0 Å². The van der Waals surface area contributed by atoms with Crippen LogP contribution in [-0.4, -0.2) is 52.9 Å². The highest BCUT2D eigenvalue weighted by Gasteiger charge is 2.30. The minimum atomic E-state index is 0.0281. The number of fused-ring (bicyclic) bond motifs is 1. The molecule has 1 saturated heterocycles. The Balaban J connectivity index is 1.47. The summed E-state index contributed by atoms with van der Waals surface area (Å²) in [5, 5.41) is 0.992. The summed E-state index contributed by atoms with van der Waals surface area (Å²) in [6, 6.07) is 18.4. The van der Waals surface area contributed by atoms with E-state index in [1.54, 1.807) is 0 Å². The Hall–Kier alpha value is -3.08. The molecule has 0 bridgehead atoms. The predicted octanol–water partition coefficient (Wildman–Crippen LogP) is 4.80. The molecule has 1 aliphatic rings. The molecule has 2 aromatic carbocycles. The number of carbonyl (C=O) groups is 2. The Morgan fingerprint density at radius 2 is 1.69 bits per heavy atom.